The summed E-state index contributed by atoms with van der Waals surface area (Å²) in [6, 6.07) is 3.37. The third-order valence-corrected chi connectivity index (χ3v) is 7.23. The Morgan fingerprint density at radius 2 is 1.68 bits per heavy atom. The predicted octanol–water partition coefficient (Wildman–Crippen LogP) is 4.44. The molecule has 1 aromatic carbocycles. The Morgan fingerprint density at radius 1 is 1.11 bits per heavy atom. The molecule has 0 saturated heterocycles. The first-order valence-electron chi connectivity index (χ1n) is 10.3. The topological polar surface area (TPSA) is 50.8 Å². The van der Waals surface area contributed by atoms with Gasteiger partial charge in [0.1, 0.15) is 11.5 Å². The van der Waals surface area contributed by atoms with Gasteiger partial charge < -0.3 is 14.8 Å². The molecule has 4 bridgehead atoms. The Morgan fingerprint density at radius 3 is 2.21 bits per heavy atom. The van der Waals surface area contributed by atoms with Crippen LogP contribution in [0, 0.1) is 23.2 Å². The predicted molar refractivity (Wildman–Crippen MR) is 111 cm³/mol. The van der Waals surface area contributed by atoms with Crippen molar-refractivity contribution in [1.82, 2.24) is 4.90 Å². The van der Waals surface area contributed by atoms with E-state index in [1.165, 1.54) is 38.5 Å². The van der Waals surface area contributed by atoms with Gasteiger partial charge in [-0.2, -0.15) is 0 Å². The third kappa shape index (κ3) is 3.97. The van der Waals surface area contributed by atoms with Crippen LogP contribution >= 0.6 is 11.6 Å². The number of anilines is 1. The van der Waals surface area contributed by atoms with E-state index in [4.69, 9.17) is 21.1 Å². The first kappa shape index (κ1) is 19.8. The fourth-order valence-electron chi connectivity index (χ4n) is 6.51. The number of halogens is 1. The Kier molecular flexibility index (Phi) is 5.49. The molecule has 4 aliphatic rings. The molecule has 4 saturated carbocycles. The number of ether oxygens (including phenoxy) is 2. The minimum absolute atomic E-state index is 0.0464. The van der Waals surface area contributed by atoms with Crippen LogP contribution in [0.3, 0.4) is 0 Å². The average molecular weight is 407 g/mol. The minimum Gasteiger partial charge on any atom is -0.495 e. The quantitative estimate of drug-likeness (QED) is 0.727. The Labute approximate surface area is 172 Å². The van der Waals surface area contributed by atoms with Gasteiger partial charge in [0.25, 0.3) is 0 Å². The molecule has 0 unspecified atom stereocenters. The van der Waals surface area contributed by atoms with E-state index in [1.54, 1.807) is 26.4 Å². The zero-order valence-corrected chi connectivity index (χ0v) is 17.8. The molecule has 0 aliphatic heterocycles. The number of rotatable bonds is 7. The van der Waals surface area contributed by atoms with Crippen molar-refractivity contribution in [3.8, 4) is 11.5 Å². The molecular formula is C22H31ClN2O3. The van der Waals surface area contributed by atoms with Gasteiger partial charge in [-0.3, -0.25) is 9.69 Å². The second-order valence-electron chi connectivity index (χ2n) is 9.33. The van der Waals surface area contributed by atoms with Crippen molar-refractivity contribution >= 4 is 23.2 Å². The molecule has 28 heavy (non-hydrogen) atoms. The molecule has 0 radical (unpaired) electrons. The summed E-state index contributed by atoms with van der Waals surface area (Å²) in [7, 11) is 5.18. The van der Waals surface area contributed by atoms with Crippen molar-refractivity contribution < 1.29 is 14.3 Å². The average Bonchev–Trinajstić information content (AvgIpc) is 2.60. The summed E-state index contributed by atoms with van der Waals surface area (Å²) in [5.74, 6) is 3.79. The zero-order valence-electron chi connectivity index (χ0n) is 17.1. The summed E-state index contributed by atoms with van der Waals surface area (Å²) in [6.45, 7) is 1.39. The normalized spacial score (nSPS) is 30.5. The third-order valence-electron chi connectivity index (χ3n) is 6.93. The number of benzene rings is 1. The maximum atomic E-state index is 12.7. The summed E-state index contributed by atoms with van der Waals surface area (Å²) < 4.78 is 10.6. The molecule has 1 N–H and O–H groups in total. The summed E-state index contributed by atoms with van der Waals surface area (Å²) in [6.07, 6.45) is 8.40. The lowest BCUT2D eigenvalue weighted by atomic mass is 9.49. The van der Waals surface area contributed by atoms with Gasteiger partial charge >= 0.3 is 0 Å². The molecule has 1 aromatic rings. The van der Waals surface area contributed by atoms with Crippen molar-refractivity contribution in [2.45, 2.75) is 38.5 Å². The van der Waals surface area contributed by atoms with Gasteiger partial charge in [-0.1, -0.05) is 11.6 Å². The molecule has 6 heteroatoms. The van der Waals surface area contributed by atoms with Crippen LogP contribution in [0.5, 0.6) is 11.5 Å². The van der Waals surface area contributed by atoms with Crippen LogP contribution in [0.4, 0.5) is 5.69 Å². The fourth-order valence-corrected chi connectivity index (χ4v) is 6.74. The summed E-state index contributed by atoms with van der Waals surface area (Å²) in [5, 5.41) is 3.41. The second kappa shape index (κ2) is 7.75. The standard InChI is InChI=1S/C22H31ClN2O3/c1-25(13-22-9-14-4-15(10-22)6-16(5-14)11-22)12-21(26)24-18-8-19(27-2)17(23)7-20(18)28-3/h7-8,14-16H,4-6,9-13H2,1-3H3,(H,24,26). The van der Waals surface area contributed by atoms with Crippen molar-refractivity contribution in [2.24, 2.45) is 23.2 Å². The zero-order chi connectivity index (χ0) is 19.9. The highest BCUT2D eigenvalue weighted by Gasteiger charge is 2.51. The second-order valence-corrected chi connectivity index (χ2v) is 9.73. The van der Waals surface area contributed by atoms with Crippen LogP contribution in [0.25, 0.3) is 0 Å². The smallest absolute Gasteiger partial charge is 0.238 e. The Bertz CT molecular complexity index is 716. The largest absolute Gasteiger partial charge is 0.495 e. The van der Waals surface area contributed by atoms with Crippen molar-refractivity contribution in [2.75, 3.05) is 39.7 Å². The molecule has 154 valence electrons. The van der Waals surface area contributed by atoms with E-state index in [1.807, 2.05) is 0 Å². The van der Waals surface area contributed by atoms with E-state index in [2.05, 4.69) is 17.3 Å². The minimum atomic E-state index is -0.0464. The number of hydrogen-bond donors (Lipinski definition) is 1. The van der Waals surface area contributed by atoms with Crippen LogP contribution in [-0.4, -0.2) is 45.2 Å². The van der Waals surface area contributed by atoms with E-state index in [0.29, 0.717) is 34.2 Å². The molecule has 5 rings (SSSR count). The number of carbonyl (C=O) groups is 1. The van der Waals surface area contributed by atoms with Gasteiger partial charge in [0.05, 0.1) is 31.5 Å². The highest BCUT2D eigenvalue weighted by molar-refractivity contribution is 6.32. The van der Waals surface area contributed by atoms with E-state index in [0.717, 1.165) is 24.3 Å². The molecule has 0 atom stereocenters. The fraction of sp³-hybridized carbons (Fsp3) is 0.682. The Balaban J connectivity index is 1.38. The molecule has 5 nitrogen and oxygen atoms in total. The maximum absolute atomic E-state index is 12.7. The number of carbonyl (C=O) groups excluding carboxylic acids is 1. The van der Waals surface area contributed by atoms with Crippen molar-refractivity contribution in [3.05, 3.63) is 17.2 Å². The summed E-state index contributed by atoms with van der Waals surface area (Å²) in [5.41, 5.74) is 1.02. The van der Waals surface area contributed by atoms with Crippen molar-refractivity contribution in [3.63, 3.8) is 0 Å². The number of amides is 1. The van der Waals surface area contributed by atoms with E-state index < -0.39 is 0 Å². The van der Waals surface area contributed by atoms with Crippen LogP contribution in [0.2, 0.25) is 5.02 Å². The van der Waals surface area contributed by atoms with Crippen LogP contribution in [0.15, 0.2) is 12.1 Å². The number of methoxy groups -OCH3 is 2. The van der Waals surface area contributed by atoms with E-state index >= 15 is 0 Å². The molecule has 0 heterocycles. The van der Waals surface area contributed by atoms with Gasteiger partial charge in [0.2, 0.25) is 5.91 Å². The first-order chi connectivity index (χ1) is 13.4. The highest BCUT2D eigenvalue weighted by Crippen LogP contribution is 2.60. The lowest BCUT2D eigenvalue weighted by molar-refractivity contribution is -0.118. The van der Waals surface area contributed by atoms with Crippen LogP contribution in [-0.2, 0) is 4.79 Å². The van der Waals surface area contributed by atoms with Gasteiger partial charge in [0, 0.05) is 18.7 Å². The van der Waals surface area contributed by atoms with Gasteiger partial charge in [-0.25, -0.2) is 0 Å². The number of likely N-dealkylation sites (N-methyl/N-ethyl adjacent to an activating group) is 1. The van der Waals surface area contributed by atoms with Gasteiger partial charge in [-0.15, -0.1) is 0 Å². The molecule has 0 aromatic heterocycles. The Hall–Kier alpha value is -1.46. The molecule has 4 fully saturated rings. The van der Waals surface area contributed by atoms with Crippen molar-refractivity contribution in [1.29, 1.82) is 0 Å². The lowest BCUT2D eigenvalue weighted by Gasteiger charge is -2.57. The highest BCUT2D eigenvalue weighted by atomic mass is 35.5. The van der Waals surface area contributed by atoms with Gasteiger partial charge in [-0.05, 0) is 68.7 Å². The van der Waals surface area contributed by atoms with E-state index in [9.17, 15) is 4.79 Å². The molecule has 1 amide bonds. The van der Waals surface area contributed by atoms with Crippen LogP contribution < -0.4 is 14.8 Å². The first-order valence-corrected chi connectivity index (χ1v) is 10.7. The van der Waals surface area contributed by atoms with Crippen LogP contribution in [0.1, 0.15) is 38.5 Å². The number of nitrogens with zero attached hydrogens (tertiary/aromatic N) is 1. The monoisotopic (exact) mass is 406 g/mol. The molecular weight excluding hydrogens is 376 g/mol. The molecule has 4 aliphatic carbocycles. The summed E-state index contributed by atoms with van der Waals surface area (Å²) >= 11 is 6.15. The number of hydrogen-bond acceptors (Lipinski definition) is 4. The summed E-state index contributed by atoms with van der Waals surface area (Å²) in [4.78, 5) is 14.9. The maximum Gasteiger partial charge on any atom is 0.238 e. The molecule has 0 spiro atoms. The number of nitrogens with one attached hydrogen (secondary N) is 1. The SMILES string of the molecule is COc1cc(NC(=O)CN(C)CC23CC4CC(CC(C4)C2)C3)c(OC)cc1Cl. The lowest BCUT2D eigenvalue weighted by Crippen LogP contribution is -2.51. The van der Waals surface area contributed by atoms with Gasteiger partial charge in [0.15, 0.2) is 0 Å². The van der Waals surface area contributed by atoms with E-state index in [-0.39, 0.29) is 5.91 Å².